The summed E-state index contributed by atoms with van der Waals surface area (Å²) in [6.45, 7) is 3.30. The molecule has 1 aromatic rings. The van der Waals surface area contributed by atoms with Crippen LogP contribution in [0.1, 0.15) is 44.2 Å². The molecule has 0 radical (unpaired) electrons. The molecule has 100 valence electrons. The van der Waals surface area contributed by atoms with Crippen molar-refractivity contribution in [3.63, 3.8) is 0 Å². The first-order valence-electron chi connectivity index (χ1n) is 6.76. The van der Waals surface area contributed by atoms with Gasteiger partial charge in [-0.1, -0.05) is 28.8 Å². The molecule has 3 heteroatoms. The first-order valence-corrected chi connectivity index (χ1v) is 7.56. The number of hydrogen-bond donors (Lipinski definition) is 1. The van der Waals surface area contributed by atoms with Crippen molar-refractivity contribution < 1.29 is 5.11 Å². The van der Waals surface area contributed by atoms with Gasteiger partial charge < -0.3 is 5.11 Å². The number of rotatable bonds is 4. The average molecular weight is 312 g/mol. The van der Waals surface area contributed by atoms with Gasteiger partial charge in [0.25, 0.3) is 0 Å². The zero-order valence-corrected chi connectivity index (χ0v) is 12.8. The Bertz CT molecular complexity index is 401. The van der Waals surface area contributed by atoms with E-state index in [2.05, 4.69) is 34.8 Å². The van der Waals surface area contributed by atoms with E-state index in [1.165, 1.54) is 25.7 Å². The van der Waals surface area contributed by atoms with Gasteiger partial charge in [-0.05, 0) is 50.9 Å². The van der Waals surface area contributed by atoms with Crippen molar-refractivity contribution in [2.45, 2.75) is 38.6 Å². The highest BCUT2D eigenvalue weighted by atomic mass is 79.9. The van der Waals surface area contributed by atoms with Gasteiger partial charge in [0.2, 0.25) is 0 Å². The topological polar surface area (TPSA) is 23.5 Å². The smallest absolute Gasteiger partial charge is 0.120 e. The molecular formula is C15H22BrNO. The molecule has 2 rings (SSSR count). The third-order valence-corrected chi connectivity index (χ3v) is 4.62. The summed E-state index contributed by atoms with van der Waals surface area (Å²) in [4.78, 5) is 2.36. The average Bonchev–Trinajstić information content (AvgIpc) is 2.84. The summed E-state index contributed by atoms with van der Waals surface area (Å²) in [6, 6.07) is 5.91. The Labute approximate surface area is 118 Å². The molecule has 1 aliphatic rings. The van der Waals surface area contributed by atoms with Gasteiger partial charge in [-0.3, -0.25) is 4.90 Å². The molecule has 1 saturated carbocycles. The molecular weight excluding hydrogens is 290 g/mol. The predicted octanol–water partition coefficient (Wildman–Crippen LogP) is 4.34. The molecule has 0 aliphatic heterocycles. The van der Waals surface area contributed by atoms with Crippen LogP contribution in [0.5, 0.6) is 5.75 Å². The van der Waals surface area contributed by atoms with E-state index >= 15 is 0 Å². The van der Waals surface area contributed by atoms with E-state index in [0.29, 0.717) is 5.75 Å². The number of phenolic OH excluding ortho intramolecular Hbond substituents is 1. The summed E-state index contributed by atoms with van der Waals surface area (Å²) in [7, 11) is 2.16. The SMILES string of the molecule is CC(c1cc(Br)ccc1O)N(C)CC1CCCC1. The molecule has 1 unspecified atom stereocenters. The minimum absolute atomic E-state index is 0.253. The summed E-state index contributed by atoms with van der Waals surface area (Å²) < 4.78 is 1.02. The maximum atomic E-state index is 9.97. The van der Waals surface area contributed by atoms with Gasteiger partial charge in [0.05, 0.1) is 0 Å². The van der Waals surface area contributed by atoms with Crippen molar-refractivity contribution in [2.75, 3.05) is 13.6 Å². The fraction of sp³-hybridized carbons (Fsp3) is 0.600. The van der Waals surface area contributed by atoms with Gasteiger partial charge in [0.15, 0.2) is 0 Å². The Kier molecular flexibility index (Phi) is 4.68. The molecule has 0 aromatic heterocycles. The predicted molar refractivity (Wildman–Crippen MR) is 78.8 cm³/mol. The van der Waals surface area contributed by atoms with E-state index in [-0.39, 0.29) is 6.04 Å². The summed E-state index contributed by atoms with van der Waals surface area (Å²) in [5.74, 6) is 1.23. The number of halogens is 1. The second kappa shape index (κ2) is 6.07. The quantitative estimate of drug-likeness (QED) is 0.894. The Morgan fingerprint density at radius 1 is 1.39 bits per heavy atom. The van der Waals surface area contributed by atoms with Crippen LogP contribution in [-0.4, -0.2) is 23.6 Å². The zero-order chi connectivity index (χ0) is 13.1. The molecule has 1 aliphatic carbocycles. The summed E-state index contributed by atoms with van der Waals surface area (Å²) in [5.41, 5.74) is 1.00. The van der Waals surface area contributed by atoms with Crippen molar-refractivity contribution in [1.29, 1.82) is 0 Å². The van der Waals surface area contributed by atoms with Crippen molar-refractivity contribution in [2.24, 2.45) is 5.92 Å². The maximum absolute atomic E-state index is 9.97. The monoisotopic (exact) mass is 311 g/mol. The minimum Gasteiger partial charge on any atom is -0.508 e. The van der Waals surface area contributed by atoms with Crippen LogP contribution in [0.2, 0.25) is 0 Å². The van der Waals surface area contributed by atoms with Crippen molar-refractivity contribution in [3.8, 4) is 5.75 Å². The standard InChI is InChI=1S/C15H22BrNO/c1-11(14-9-13(16)7-8-15(14)18)17(2)10-12-5-3-4-6-12/h7-9,11-12,18H,3-6,10H2,1-2H3. The molecule has 2 nitrogen and oxygen atoms in total. The normalized spacial score (nSPS) is 18.4. The van der Waals surface area contributed by atoms with Crippen molar-refractivity contribution in [1.82, 2.24) is 4.90 Å². The van der Waals surface area contributed by atoms with Crippen molar-refractivity contribution in [3.05, 3.63) is 28.2 Å². The molecule has 1 fully saturated rings. The first-order chi connectivity index (χ1) is 8.58. The molecule has 1 atom stereocenters. The van der Waals surface area contributed by atoms with E-state index in [4.69, 9.17) is 0 Å². The van der Waals surface area contributed by atoms with E-state index in [1.54, 1.807) is 6.07 Å². The van der Waals surface area contributed by atoms with Gasteiger partial charge in [0.1, 0.15) is 5.75 Å². The molecule has 0 bridgehead atoms. The van der Waals surface area contributed by atoms with Gasteiger partial charge in [-0.2, -0.15) is 0 Å². The Morgan fingerprint density at radius 3 is 2.72 bits per heavy atom. The van der Waals surface area contributed by atoms with E-state index in [0.717, 1.165) is 22.5 Å². The van der Waals surface area contributed by atoms with Crippen LogP contribution in [0.4, 0.5) is 0 Å². The molecule has 0 amide bonds. The van der Waals surface area contributed by atoms with Gasteiger partial charge in [-0.25, -0.2) is 0 Å². The lowest BCUT2D eigenvalue weighted by molar-refractivity contribution is 0.217. The number of benzene rings is 1. The minimum atomic E-state index is 0.253. The van der Waals surface area contributed by atoms with Crippen LogP contribution in [-0.2, 0) is 0 Å². The van der Waals surface area contributed by atoms with Crippen LogP contribution >= 0.6 is 15.9 Å². The highest BCUT2D eigenvalue weighted by molar-refractivity contribution is 9.10. The first kappa shape index (κ1) is 13.9. The molecule has 1 aromatic carbocycles. The lowest BCUT2D eigenvalue weighted by Gasteiger charge is -2.28. The van der Waals surface area contributed by atoms with Gasteiger partial charge in [0, 0.05) is 22.6 Å². The highest BCUT2D eigenvalue weighted by Crippen LogP contribution is 2.32. The summed E-state index contributed by atoms with van der Waals surface area (Å²) in [6.07, 6.45) is 5.49. The van der Waals surface area contributed by atoms with Gasteiger partial charge in [-0.15, -0.1) is 0 Å². The lowest BCUT2D eigenvalue weighted by atomic mass is 10.0. The maximum Gasteiger partial charge on any atom is 0.120 e. The fourth-order valence-electron chi connectivity index (χ4n) is 2.86. The van der Waals surface area contributed by atoms with Crippen LogP contribution in [0.25, 0.3) is 0 Å². The van der Waals surface area contributed by atoms with Crippen molar-refractivity contribution >= 4 is 15.9 Å². The lowest BCUT2D eigenvalue weighted by Crippen LogP contribution is -2.27. The Hall–Kier alpha value is -0.540. The molecule has 0 heterocycles. The van der Waals surface area contributed by atoms with E-state index in [1.807, 2.05) is 12.1 Å². The Morgan fingerprint density at radius 2 is 2.06 bits per heavy atom. The van der Waals surface area contributed by atoms with Crippen LogP contribution in [0.3, 0.4) is 0 Å². The van der Waals surface area contributed by atoms with Crippen LogP contribution in [0.15, 0.2) is 22.7 Å². The van der Waals surface area contributed by atoms with E-state index < -0.39 is 0 Å². The summed E-state index contributed by atoms with van der Waals surface area (Å²) >= 11 is 3.47. The van der Waals surface area contributed by atoms with E-state index in [9.17, 15) is 5.11 Å². The molecule has 1 N–H and O–H groups in total. The molecule has 0 spiro atoms. The largest absolute Gasteiger partial charge is 0.508 e. The van der Waals surface area contributed by atoms with Crippen LogP contribution in [0, 0.1) is 5.92 Å². The molecule has 18 heavy (non-hydrogen) atoms. The number of hydrogen-bond acceptors (Lipinski definition) is 2. The second-order valence-corrected chi connectivity index (χ2v) is 6.38. The Balaban J connectivity index is 2.04. The second-order valence-electron chi connectivity index (χ2n) is 5.47. The summed E-state index contributed by atoms with van der Waals surface area (Å²) in [5, 5.41) is 9.97. The number of aromatic hydroxyl groups is 1. The van der Waals surface area contributed by atoms with Gasteiger partial charge >= 0.3 is 0 Å². The molecule has 0 saturated heterocycles. The third-order valence-electron chi connectivity index (χ3n) is 4.12. The zero-order valence-electron chi connectivity index (χ0n) is 11.2. The van der Waals surface area contributed by atoms with Crippen LogP contribution < -0.4 is 0 Å². The third kappa shape index (κ3) is 3.27. The number of phenols is 1. The highest BCUT2D eigenvalue weighted by Gasteiger charge is 2.21. The number of nitrogens with zero attached hydrogens (tertiary/aromatic N) is 1. The fourth-order valence-corrected chi connectivity index (χ4v) is 3.23.